The number of aryl methyl sites for hydroxylation is 1. The van der Waals surface area contributed by atoms with Crippen LogP contribution in [-0.2, 0) is 17.2 Å². The van der Waals surface area contributed by atoms with Crippen molar-refractivity contribution in [1.29, 1.82) is 0 Å². The Balaban J connectivity index is 1.92. The summed E-state index contributed by atoms with van der Waals surface area (Å²) in [7, 11) is 0. The van der Waals surface area contributed by atoms with Crippen molar-refractivity contribution in [2.45, 2.75) is 37.8 Å². The lowest BCUT2D eigenvalue weighted by Crippen LogP contribution is -2.11. The smallest absolute Gasteiger partial charge is 0.139 e. The van der Waals surface area contributed by atoms with Crippen LogP contribution in [-0.4, -0.2) is 22.3 Å². The standard InChI is InChI=1S/C14H15BrClFN2O/c15-10-6-13-12(7-11(10)17)18-14(8-16)19(13)4-3-9-2-1-5-20-9/h6-7,9H,1-5,8H2. The van der Waals surface area contributed by atoms with Gasteiger partial charge in [0.25, 0.3) is 0 Å². The molecular formula is C14H15BrClFN2O. The molecule has 108 valence electrons. The van der Waals surface area contributed by atoms with Gasteiger partial charge in [0.15, 0.2) is 0 Å². The highest BCUT2D eigenvalue weighted by atomic mass is 79.9. The summed E-state index contributed by atoms with van der Waals surface area (Å²) >= 11 is 9.18. The Morgan fingerprint density at radius 3 is 3.05 bits per heavy atom. The number of halogens is 3. The van der Waals surface area contributed by atoms with Crippen molar-refractivity contribution < 1.29 is 9.13 Å². The number of nitrogens with zero attached hydrogens (tertiary/aromatic N) is 2. The molecule has 1 aromatic heterocycles. The Kier molecular flexibility index (Phi) is 4.29. The van der Waals surface area contributed by atoms with Crippen LogP contribution in [0.1, 0.15) is 25.1 Å². The summed E-state index contributed by atoms with van der Waals surface area (Å²) in [5.41, 5.74) is 1.56. The van der Waals surface area contributed by atoms with E-state index in [0.29, 0.717) is 22.0 Å². The third kappa shape index (κ3) is 2.71. The lowest BCUT2D eigenvalue weighted by molar-refractivity contribution is 0.100. The Labute approximate surface area is 130 Å². The maximum Gasteiger partial charge on any atom is 0.139 e. The highest BCUT2D eigenvalue weighted by Crippen LogP contribution is 2.26. The van der Waals surface area contributed by atoms with Gasteiger partial charge < -0.3 is 9.30 Å². The molecule has 0 bridgehead atoms. The van der Waals surface area contributed by atoms with Gasteiger partial charge in [-0.2, -0.15) is 0 Å². The molecule has 0 aliphatic carbocycles. The maximum atomic E-state index is 13.6. The average Bonchev–Trinajstić information content (AvgIpc) is 3.05. The van der Waals surface area contributed by atoms with Crippen molar-refractivity contribution in [2.75, 3.05) is 6.61 Å². The van der Waals surface area contributed by atoms with Crippen molar-refractivity contribution in [3.05, 3.63) is 28.2 Å². The third-order valence-electron chi connectivity index (χ3n) is 3.69. The Morgan fingerprint density at radius 2 is 2.35 bits per heavy atom. The summed E-state index contributed by atoms with van der Waals surface area (Å²) in [6.07, 6.45) is 3.50. The van der Waals surface area contributed by atoms with Gasteiger partial charge in [-0.05, 0) is 41.3 Å². The highest BCUT2D eigenvalue weighted by molar-refractivity contribution is 9.10. The van der Waals surface area contributed by atoms with Crippen molar-refractivity contribution >= 4 is 38.6 Å². The summed E-state index contributed by atoms with van der Waals surface area (Å²) in [6.45, 7) is 1.65. The number of ether oxygens (including phenoxy) is 1. The first-order chi connectivity index (χ1) is 9.69. The Morgan fingerprint density at radius 1 is 1.50 bits per heavy atom. The SMILES string of the molecule is Fc1cc2nc(CCl)n(CCC3CCCO3)c2cc1Br. The fraction of sp³-hybridized carbons (Fsp3) is 0.500. The summed E-state index contributed by atoms with van der Waals surface area (Å²) < 4.78 is 21.7. The Hall–Kier alpha value is -0.650. The maximum absolute atomic E-state index is 13.6. The van der Waals surface area contributed by atoms with E-state index in [9.17, 15) is 4.39 Å². The molecule has 3 rings (SSSR count). The zero-order valence-corrected chi connectivity index (χ0v) is 13.3. The molecule has 2 heterocycles. The first kappa shape index (κ1) is 14.3. The number of benzene rings is 1. The van der Waals surface area contributed by atoms with Gasteiger partial charge in [-0.3, -0.25) is 0 Å². The van der Waals surface area contributed by atoms with E-state index in [1.807, 2.05) is 0 Å². The van der Waals surface area contributed by atoms with Crippen molar-refractivity contribution in [3.63, 3.8) is 0 Å². The molecule has 1 aliphatic heterocycles. The number of hydrogen-bond donors (Lipinski definition) is 0. The predicted octanol–water partition coefficient (Wildman–Crippen LogP) is 4.25. The van der Waals surface area contributed by atoms with Crippen LogP contribution < -0.4 is 0 Å². The van der Waals surface area contributed by atoms with Gasteiger partial charge >= 0.3 is 0 Å². The number of aromatic nitrogens is 2. The molecule has 0 N–H and O–H groups in total. The lowest BCUT2D eigenvalue weighted by Gasteiger charge is -2.12. The van der Waals surface area contributed by atoms with Gasteiger partial charge in [-0.15, -0.1) is 11.6 Å². The third-order valence-corrected chi connectivity index (χ3v) is 4.53. The molecule has 1 fully saturated rings. The molecule has 1 aromatic carbocycles. The molecule has 1 atom stereocenters. The van der Waals surface area contributed by atoms with Crippen molar-refractivity contribution in [2.24, 2.45) is 0 Å². The Bertz CT molecular complexity index is 625. The second-order valence-corrected chi connectivity index (χ2v) is 6.11. The van der Waals surface area contributed by atoms with Crippen molar-refractivity contribution in [3.8, 4) is 0 Å². The molecule has 1 unspecified atom stereocenters. The van der Waals surface area contributed by atoms with Crippen LogP contribution in [0.15, 0.2) is 16.6 Å². The summed E-state index contributed by atoms with van der Waals surface area (Å²) in [5.74, 6) is 0.791. The molecule has 6 heteroatoms. The van der Waals surface area contributed by atoms with E-state index in [-0.39, 0.29) is 5.82 Å². The number of fused-ring (bicyclic) bond motifs is 1. The van der Waals surface area contributed by atoms with Crippen molar-refractivity contribution in [1.82, 2.24) is 9.55 Å². The molecule has 0 amide bonds. The molecule has 0 radical (unpaired) electrons. The number of alkyl halides is 1. The fourth-order valence-electron chi connectivity index (χ4n) is 2.67. The van der Waals surface area contributed by atoms with Gasteiger partial charge in [0, 0.05) is 19.2 Å². The van der Waals surface area contributed by atoms with E-state index in [1.165, 1.54) is 6.07 Å². The topological polar surface area (TPSA) is 27.1 Å². The number of hydrogen-bond acceptors (Lipinski definition) is 2. The van der Waals surface area contributed by atoms with E-state index < -0.39 is 0 Å². The molecule has 0 saturated carbocycles. The normalized spacial score (nSPS) is 19.1. The zero-order valence-electron chi connectivity index (χ0n) is 10.9. The minimum absolute atomic E-state index is 0.303. The van der Waals surface area contributed by atoms with Crippen LogP contribution in [0, 0.1) is 5.82 Å². The molecule has 0 spiro atoms. The molecule has 1 saturated heterocycles. The molecule has 2 aromatic rings. The molecule has 3 nitrogen and oxygen atoms in total. The molecule has 1 aliphatic rings. The van der Waals surface area contributed by atoms with Crippen LogP contribution in [0.4, 0.5) is 4.39 Å². The van der Waals surface area contributed by atoms with Crippen LogP contribution in [0.25, 0.3) is 11.0 Å². The second-order valence-electron chi connectivity index (χ2n) is 4.99. The highest BCUT2D eigenvalue weighted by Gasteiger charge is 2.18. The minimum atomic E-state index is -0.303. The molecule has 20 heavy (non-hydrogen) atoms. The summed E-state index contributed by atoms with van der Waals surface area (Å²) in [5, 5.41) is 0. The summed E-state index contributed by atoms with van der Waals surface area (Å²) in [6, 6.07) is 3.21. The molecular weight excluding hydrogens is 347 g/mol. The minimum Gasteiger partial charge on any atom is -0.378 e. The van der Waals surface area contributed by atoms with Gasteiger partial charge in [-0.25, -0.2) is 9.37 Å². The van der Waals surface area contributed by atoms with E-state index in [2.05, 4.69) is 25.5 Å². The van der Waals surface area contributed by atoms with E-state index >= 15 is 0 Å². The predicted molar refractivity (Wildman–Crippen MR) is 80.5 cm³/mol. The van der Waals surface area contributed by atoms with Crippen LogP contribution in [0.2, 0.25) is 0 Å². The quantitative estimate of drug-likeness (QED) is 0.761. The summed E-state index contributed by atoms with van der Waals surface area (Å²) in [4.78, 5) is 4.41. The largest absolute Gasteiger partial charge is 0.378 e. The van der Waals surface area contributed by atoms with E-state index in [4.69, 9.17) is 16.3 Å². The zero-order chi connectivity index (χ0) is 14.1. The first-order valence-corrected chi connectivity index (χ1v) is 8.03. The van der Waals surface area contributed by atoms with Crippen LogP contribution in [0.5, 0.6) is 0 Å². The van der Waals surface area contributed by atoms with Gasteiger partial charge in [0.2, 0.25) is 0 Å². The first-order valence-electron chi connectivity index (χ1n) is 6.71. The van der Waals surface area contributed by atoms with E-state index in [0.717, 1.165) is 43.8 Å². The number of imidazole rings is 1. The van der Waals surface area contributed by atoms with E-state index in [1.54, 1.807) is 6.07 Å². The second kappa shape index (κ2) is 6.00. The number of rotatable bonds is 4. The lowest BCUT2D eigenvalue weighted by atomic mass is 10.2. The van der Waals surface area contributed by atoms with Gasteiger partial charge in [0.1, 0.15) is 11.6 Å². The van der Waals surface area contributed by atoms with Gasteiger partial charge in [-0.1, -0.05) is 0 Å². The van der Waals surface area contributed by atoms with Crippen LogP contribution in [0.3, 0.4) is 0 Å². The van der Waals surface area contributed by atoms with Gasteiger partial charge in [0.05, 0.1) is 27.5 Å². The fourth-order valence-corrected chi connectivity index (χ4v) is 3.20. The van der Waals surface area contributed by atoms with Crippen LogP contribution >= 0.6 is 27.5 Å². The average molecular weight is 362 g/mol. The monoisotopic (exact) mass is 360 g/mol.